The van der Waals surface area contributed by atoms with Crippen LogP contribution in [0.1, 0.15) is 40.7 Å². The van der Waals surface area contributed by atoms with Gasteiger partial charge in [0.25, 0.3) is 11.8 Å². The van der Waals surface area contributed by atoms with Crippen LogP contribution in [0.2, 0.25) is 0 Å². The summed E-state index contributed by atoms with van der Waals surface area (Å²) in [6, 6.07) is 10.5. The number of rotatable bonds is 4. The van der Waals surface area contributed by atoms with Crippen molar-refractivity contribution >= 4 is 17.6 Å². The second-order valence-corrected chi connectivity index (χ2v) is 7.42. The van der Waals surface area contributed by atoms with E-state index in [1.54, 1.807) is 46.2 Å². The molecule has 2 aromatic rings. The maximum atomic E-state index is 12.8. The van der Waals surface area contributed by atoms with Crippen LogP contribution in [0.5, 0.6) is 0 Å². The average molecular weight is 396 g/mol. The zero-order valence-corrected chi connectivity index (χ0v) is 16.4. The molecule has 3 heterocycles. The number of carbonyl (C=O) groups is 3. The van der Waals surface area contributed by atoms with Crippen molar-refractivity contribution in [1.82, 2.24) is 9.80 Å². The summed E-state index contributed by atoms with van der Waals surface area (Å²) in [5.41, 5.74) is 1.44. The van der Waals surface area contributed by atoms with Gasteiger partial charge in [-0.2, -0.15) is 0 Å². The molecule has 152 valence electrons. The van der Waals surface area contributed by atoms with Crippen molar-refractivity contribution in [1.29, 1.82) is 0 Å². The molecule has 2 aliphatic rings. The van der Waals surface area contributed by atoms with Gasteiger partial charge in [0.2, 0.25) is 0 Å². The Morgan fingerprint density at radius 2 is 1.62 bits per heavy atom. The topological polar surface area (TPSA) is 80.1 Å². The van der Waals surface area contributed by atoms with E-state index in [0.717, 1.165) is 18.4 Å². The maximum Gasteiger partial charge on any atom is 0.289 e. The number of nitrogens with zero attached hydrogens (tertiary/aromatic N) is 2. The Labute approximate surface area is 169 Å². The third-order valence-corrected chi connectivity index (χ3v) is 5.48. The number of piperazine rings is 1. The molecule has 0 saturated carbocycles. The number of carbonyl (C=O) groups excluding carboxylic acids is 3. The van der Waals surface area contributed by atoms with Crippen LogP contribution in [0.3, 0.4) is 0 Å². The molecule has 7 nitrogen and oxygen atoms in total. The van der Waals surface area contributed by atoms with Crippen LogP contribution in [0.25, 0.3) is 11.3 Å². The van der Waals surface area contributed by atoms with Gasteiger partial charge in [-0.05, 0) is 31.9 Å². The summed E-state index contributed by atoms with van der Waals surface area (Å²) < 4.78 is 11.2. The maximum absolute atomic E-state index is 12.8. The molecule has 0 spiro atoms. The Morgan fingerprint density at radius 1 is 0.931 bits per heavy atom. The smallest absolute Gasteiger partial charge is 0.289 e. The molecular formula is C22H24N2O5. The lowest BCUT2D eigenvalue weighted by Gasteiger charge is -2.35. The molecule has 0 radical (unpaired) electrons. The van der Waals surface area contributed by atoms with Crippen molar-refractivity contribution in [3.63, 3.8) is 0 Å². The number of ether oxygens (including phenoxy) is 1. The molecule has 1 aromatic carbocycles. The number of benzene rings is 1. The highest BCUT2D eigenvalue weighted by Crippen LogP contribution is 2.24. The first-order chi connectivity index (χ1) is 14.0. The molecule has 0 N–H and O–H groups in total. The van der Waals surface area contributed by atoms with Gasteiger partial charge in [-0.25, -0.2) is 0 Å². The van der Waals surface area contributed by atoms with Crippen molar-refractivity contribution in [3.05, 3.63) is 47.7 Å². The van der Waals surface area contributed by atoms with Crippen LogP contribution in [-0.4, -0.2) is 66.3 Å². The molecule has 7 heteroatoms. The third kappa shape index (κ3) is 4.10. The fourth-order valence-corrected chi connectivity index (χ4v) is 3.74. The third-order valence-electron chi connectivity index (χ3n) is 5.48. The summed E-state index contributed by atoms with van der Waals surface area (Å²) in [6.45, 7) is 4.12. The SMILES string of the molecule is CC(=O)c1ccc(-c2ccc(C(=O)N3CCN(C(=O)C4CCCO4)CC3)o2)cc1. The van der Waals surface area contributed by atoms with E-state index in [1.807, 2.05) is 0 Å². The van der Waals surface area contributed by atoms with E-state index in [0.29, 0.717) is 44.1 Å². The fourth-order valence-electron chi connectivity index (χ4n) is 3.74. The molecular weight excluding hydrogens is 372 g/mol. The van der Waals surface area contributed by atoms with Crippen LogP contribution in [0.4, 0.5) is 0 Å². The molecule has 1 atom stereocenters. The van der Waals surface area contributed by atoms with Crippen molar-refractivity contribution in [2.75, 3.05) is 32.8 Å². The Kier molecular flexibility index (Phi) is 5.49. The van der Waals surface area contributed by atoms with E-state index in [9.17, 15) is 14.4 Å². The highest BCUT2D eigenvalue weighted by Gasteiger charge is 2.32. The average Bonchev–Trinajstić information content (AvgIpc) is 3.45. The Balaban J connectivity index is 1.37. The van der Waals surface area contributed by atoms with Crippen LogP contribution >= 0.6 is 0 Å². The normalized spacial score (nSPS) is 19.4. The van der Waals surface area contributed by atoms with Crippen LogP contribution in [-0.2, 0) is 9.53 Å². The van der Waals surface area contributed by atoms with Gasteiger partial charge in [0.1, 0.15) is 11.9 Å². The lowest BCUT2D eigenvalue weighted by molar-refractivity contribution is -0.142. The number of Topliss-reactive ketones (excluding diaryl/α,β-unsaturated/α-hetero) is 1. The minimum absolute atomic E-state index is 0.00368. The Hall–Kier alpha value is -2.93. The predicted octanol–water partition coefficient (Wildman–Crippen LogP) is 2.61. The zero-order chi connectivity index (χ0) is 20.4. The fraction of sp³-hybridized carbons (Fsp3) is 0.409. The summed E-state index contributed by atoms with van der Waals surface area (Å²) >= 11 is 0. The molecule has 2 aliphatic heterocycles. The van der Waals surface area contributed by atoms with Crippen molar-refractivity contribution in [2.24, 2.45) is 0 Å². The molecule has 2 saturated heterocycles. The van der Waals surface area contributed by atoms with E-state index >= 15 is 0 Å². The van der Waals surface area contributed by atoms with Crippen molar-refractivity contribution < 1.29 is 23.5 Å². The summed E-state index contributed by atoms with van der Waals surface area (Å²) in [5.74, 6) is 0.707. The summed E-state index contributed by atoms with van der Waals surface area (Å²) in [5, 5.41) is 0. The van der Waals surface area contributed by atoms with Crippen molar-refractivity contribution in [3.8, 4) is 11.3 Å². The molecule has 2 fully saturated rings. The lowest BCUT2D eigenvalue weighted by atomic mass is 10.1. The van der Waals surface area contributed by atoms with Gasteiger partial charge in [-0.15, -0.1) is 0 Å². The second-order valence-electron chi connectivity index (χ2n) is 7.42. The van der Waals surface area contributed by atoms with E-state index in [1.165, 1.54) is 6.92 Å². The van der Waals surface area contributed by atoms with Crippen molar-refractivity contribution in [2.45, 2.75) is 25.9 Å². The van der Waals surface area contributed by atoms with Gasteiger partial charge in [-0.3, -0.25) is 14.4 Å². The summed E-state index contributed by atoms with van der Waals surface area (Å²) in [6.07, 6.45) is 1.38. The van der Waals surface area contributed by atoms with E-state index in [-0.39, 0.29) is 29.5 Å². The largest absolute Gasteiger partial charge is 0.451 e. The standard InChI is InChI=1S/C22H24N2O5/c1-15(25)16-4-6-17(7-5-16)18-8-9-20(29-18)22(27)24-12-10-23(11-13-24)21(26)19-3-2-14-28-19/h4-9,19H,2-3,10-14H2,1H3. The monoisotopic (exact) mass is 396 g/mol. The molecule has 1 aromatic heterocycles. The number of hydrogen-bond acceptors (Lipinski definition) is 5. The number of ketones is 1. The zero-order valence-electron chi connectivity index (χ0n) is 16.4. The molecule has 0 bridgehead atoms. The minimum Gasteiger partial charge on any atom is -0.451 e. The van der Waals surface area contributed by atoms with Crippen LogP contribution in [0.15, 0.2) is 40.8 Å². The minimum atomic E-state index is -0.320. The number of hydrogen-bond donors (Lipinski definition) is 0. The Morgan fingerprint density at radius 3 is 2.24 bits per heavy atom. The van der Waals surface area contributed by atoms with Crippen LogP contribution in [0, 0.1) is 0 Å². The van der Waals surface area contributed by atoms with Crippen LogP contribution < -0.4 is 0 Å². The quantitative estimate of drug-likeness (QED) is 0.742. The highest BCUT2D eigenvalue weighted by molar-refractivity contribution is 5.94. The molecule has 4 rings (SSSR count). The summed E-state index contributed by atoms with van der Waals surface area (Å²) in [7, 11) is 0. The second kappa shape index (κ2) is 8.21. The first kappa shape index (κ1) is 19.4. The van der Waals surface area contributed by atoms with E-state index in [2.05, 4.69) is 0 Å². The number of amides is 2. The van der Waals surface area contributed by atoms with Gasteiger partial charge in [-0.1, -0.05) is 24.3 Å². The van der Waals surface area contributed by atoms with E-state index < -0.39 is 0 Å². The lowest BCUT2D eigenvalue weighted by Crippen LogP contribution is -2.52. The molecule has 1 unspecified atom stereocenters. The summed E-state index contributed by atoms with van der Waals surface area (Å²) in [4.78, 5) is 40.1. The van der Waals surface area contributed by atoms with Gasteiger partial charge >= 0.3 is 0 Å². The molecule has 2 amide bonds. The predicted molar refractivity (Wildman–Crippen MR) is 106 cm³/mol. The first-order valence-corrected chi connectivity index (χ1v) is 9.94. The Bertz CT molecular complexity index is 904. The highest BCUT2D eigenvalue weighted by atomic mass is 16.5. The number of furan rings is 1. The van der Waals surface area contributed by atoms with Gasteiger partial charge in [0.15, 0.2) is 11.5 Å². The van der Waals surface area contributed by atoms with E-state index in [4.69, 9.17) is 9.15 Å². The molecule has 29 heavy (non-hydrogen) atoms. The first-order valence-electron chi connectivity index (χ1n) is 9.94. The van der Waals surface area contributed by atoms with Gasteiger partial charge in [0, 0.05) is 43.9 Å². The van der Waals surface area contributed by atoms with Gasteiger partial charge < -0.3 is 19.0 Å². The molecule has 0 aliphatic carbocycles. The van der Waals surface area contributed by atoms with Gasteiger partial charge in [0.05, 0.1) is 0 Å².